The van der Waals surface area contributed by atoms with E-state index in [1.165, 1.54) is 0 Å². The summed E-state index contributed by atoms with van der Waals surface area (Å²) in [6, 6.07) is 0.847. The molecule has 0 aromatic carbocycles. The summed E-state index contributed by atoms with van der Waals surface area (Å²) in [5.74, 6) is 0. The first kappa shape index (κ1) is 11.0. The number of rotatable bonds is 4. The number of β-amino-alcohol motifs (C(OH)–C–C–N with tert-alkyl or cyclic N) is 1. The maximum Gasteiger partial charge on any atom is 0.0831 e. The Labute approximate surface area is 81.1 Å². The van der Waals surface area contributed by atoms with E-state index in [-0.39, 0.29) is 6.10 Å². The van der Waals surface area contributed by atoms with Crippen molar-refractivity contribution in [3.8, 4) is 0 Å². The van der Waals surface area contributed by atoms with Crippen molar-refractivity contribution in [2.24, 2.45) is 0 Å². The smallest absolute Gasteiger partial charge is 0.0831 e. The summed E-state index contributed by atoms with van der Waals surface area (Å²) in [4.78, 5) is 2.39. The van der Waals surface area contributed by atoms with Crippen molar-refractivity contribution in [1.29, 1.82) is 0 Å². The summed E-state index contributed by atoms with van der Waals surface area (Å²) < 4.78 is 0. The zero-order valence-electron chi connectivity index (χ0n) is 8.95. The quantitative estimate of drug-likeness (QED) is 0.669. The van der Waals surface area contributed by atoms with Crippen LogP contribution < -0.4 is 5.32 Å². The van der Waals surface area contributed by atoms with Gasteiger partial charge in [-0.05, 0) is 26.8 Å². The lowest BCUT2D eigenvalue weighted by Crippen LogP contribution is -2.47. The molecule has 3 heteroatoms. The maximum atomic E-state index is 9.73. The average Bonchev–Trinajstić information content (AvgIpc) is 2.47. The maximum absolute atomic E-state index is 9.73. The topological polar surface area (TPSA) is 35.5 Å². The first-order valence-electron chi connectivity index (χ1n) is 5.31. The summed E-state index contributed by atoms with van der Waals surface area (Å²) in [7, 11) is 0. The molecule has 1 aliphatic rings. The van der Waals surface area contributed by atoms with Crippen molar-refractivity contribution < 1.29 is 5.11 Å². The SMILES string of the molecule is CCCN(C(C)C)C1CNCC1O. The highest BCUT2D eigenvalue weighted by atomic mass is 16.3. The third kappa shape index (κ3) is 2.66. The van der Waals surface area contributed by atoms with E-state index < -0.39 is 0 Å². The van der Waals surface area contributed by atoms with Gasteiger partial charge in [-0.25, -0.2) is 0 Å². The molecule has 0 bridgehead atoms. The number of aliphatic hydroxyl groups excluding tert-OH is 1. The Balaban J connectivity index is 2.52. The highest BCUT2D eigenvalue weighted by Gasteiger charge is 2.31. The van der Waals surface area contributed by atoms with Crippen LogP contribution in [0.5, 0.6) is 0 Å². The molecule has 1 heterocycles. The molecule has 0 aromatic rings. The van der Waals surface area contributed by atoms with Gasteiger partial charge >= 0.3 is 0 Å². The number of nitrogens with zero attached hydrogens (tertiary/aromatic N) is 1. The van der Waals surface area contributed by atoms with Gasteiger partial charge in [-0.15, -0.1) is 0 Å². The Bertz CT molecular complexity index is 150. The molecule has 0 saturated carbocycles. The molecule has 2 unspecified atom stereocenters. The first-order chi connectivity index (χ1) is 6.16. The molecule has 0 aromatic heterocycles. The van der Waals surface area contributed by atoms with Gasteiger partial charge in [-0.1, -0.05) is 6.92 Å². The molecule has 2 atom stereocenters. The molecular weight excluding hydrogens is 164 g/mol. The lowest BCUT2D eigenvalue weighted by atomic mass is 10.1. The first-order valence-corrected chi connectivity index (χ1v) is 5.31. The fourth-order valence-electron chi connectivity index (χ4n) is 2.05. The van der Waals surface area contributed by atoms with Gasteiger partial charge in [0.15, 0.2) is 0 Å². The molecule has 1 aliphatic heterocycles. The minimum Gasteiger partial charge on any atom is -0.390 e. The Hall–Kier alpha value is -0.120. The zero-order valence-corrected chi connectivity index (χ0v) is 8.95. The predicted molar refractivity (Wildman–Crippen MR) is 54.8 cm³/mol. The molecule has 0 amide bonds. The van der Waals surface area contributed by atoms with Gasteiger partial charge in [0.05, 0.1) is 6.10 Å². The van der Waals surface area contributed by atoms with Crippen molar-refractivity contribution in [2.75, 3.05) is 19.6 Å². The fourth-order valence-corrected chi connectivity index (χ4v) is 2.05. The van der Waals surface area contributed by atoms with Crippen LogP contribution >= 0.6 is 0 Å². The Morgan fingerprint density at radius 2 is 2.15 bits per heavy atom. The van der Waals surface area contributed by atoms with Crippen LogP contribution in [0.15, 0.2) is 0 Å². The summed E-state index contributed by atoms with van der Waals surface area (Å²) >= 11 is 0. The van der Waals surface area contributed by atoms with Crippen molar-refractivity contribution in [2.45, 2.75) is 45.4 Å². The van der Waals surface area contributed by atoms with E-state index in [4.69, 9.17) is 0 Å². The van der Waals surface area contributed by atoms with Gasteiger partial charge in [0.1, 0.15) is 0 Å². The largest absolute Gasteiger partial charge is 0.390 e. The summed E-state index contributed by atoms with van der Waals surface area (Å²) in [6.45, 7) is 9.34. The van der Waals surface area contributed by atoms with Crippen LogP contribution in [0.2, 0.25) is 0 Å². The zero-order chi connectivity index (χ0) is 9.84. The molecule has 13 heavy (non-hydrogen) atoms. The molecule has 3 nitrogen and oxygen atoms in total. The van der Waals surface area contributed by atoms with Crippen LogP contribution in [0.3, 0.4) is 0 Å². The second-order valence-electron chi connectivity index (χ2n) is 4.12. The Kier molecular flexibility index (Phi) is 4.16. The fraction of sp³-hybridized carbons (Fsp3) is 1.00. The summed E-state index contributed by atoms with van der Waals surface area (Å²) in [5.41, 5.74) is 0. The van der Waals surface area contributed by atoms with Gasteiger partial charge in [-0.3, -0.25) is 4.90 Å². The number of hydrogen-bond acceptors (Lipinski definition) is 3. The van der Waals surface area contributed by atoms with E-state index in [0.29, 0.717) is 12.1 Å². The second-order valence-corrected chi connectivity index (χ2v) is 4.12. The Morgan fingerprint density at radius 1 is 1.46 bits per heavy atom. The molecular formula is C10H22N2O. The molecule has 0 aliphatic carbocycles. The summed E-state index contributed by atoms with van der Waals surface area (Å²) in [6.07, 6.45) is 0.968. The molecule has 1 saturated heterocycles. The van der Waals surface area contributed by atoms with E-state index in [0.717, 1.165) is 26.1 Å². The van der Waals surface area contributed by atoms with Crippen molar-refractivity contribution in [1.82, 2.24) is 10.2 Å². The minimum atomic E-state index is -0.186. The predicted octanol–water partition coefficient (Wildman–Crippen LogP) is 0.439. The average molecular weight is 186 g/mol. The van der Waals surface area contributed by atoms with Crippen LogP contribution in [0.1, 0.15) is 27.2 Å². The third-order valence-corrected chi connectivity index (χ3v) is 2.72. The van der Waals surface area contributed by atoms with Crippen LogP contribution in [0.25, 0.3) is 0 Å². The minimum absolute atomic E-state index is 0.186. The molecule has 0 spiro atoms. The van der Waals surface area contributed by atoms with Crippen LogP contribution in [-0.4, -0.2) is 47.8 Å². The van der Waals surface area contributed by atoms with E-state index >= 15 is 0 Å². The van der Waals surface area contributed by atoms with Gasteiger partial charge in [0, 0.05) is 25.2 Å². The van der Waals surface area contributed by atoms with Gasteiger partial charge in [0.2, 0.25) is 0 Å². The van der Waals surface area contributed by atoms with E-state index in [2.05, 4.69) is 31.0 Å². The van der Waals surface area contributed by atoms with Gasteiger partial charge in [-0.2, -0.15) is 0 Å². The second kappa shape index (κ2) is 4.94. The number of hydrogen-bond donors (Lipinski definition) is 2. The Morgan fingerprint density at radius 3 is 2.54 bits per heavy atom. The lowest BCUT2D eigenvalue weighted by Gasteiger charge is -2.33. The summed E-state index contributed by atoms with van der Waals surface area (Å²) in [5, 5.41) is 13.0. The van der Waals surface area contributed by atoms with Gasteiger partial charge < -0.3 is 10.4 Å². The monoisotopic (exact) mass is 186 g/mol. The van der Waals surface area contributed by atoms with E-state index in [1.54, 1.807) is 0 Å². The molecule has 1 rings (SSSR count). The molecule has 1 fully saturated rings. The molecule has 0 radical (unpaired) electrons. The van der Waals surface area contributed by atoms with Gasteiger partial charge in [0.25, 0.3) is 0 Å². The highest BCUT2D eigenvalue weighted by molar-refractivity contribution is 4.89. The lowest BCUT2D eigenvalue weighted by molar-refractivity contribution is 0.0633. The van der Waals surface area contributed by atoms with E-state index in [1.807, 2.05) is 0 Å². The number of aliphatic hydroxyl groups is 1. The number of nitrogens with one attached hydrogen (secondary N) is 1. The van der Waals surface area contributed by atoms with Crippen molar-refractivity contribution in [3.05, 3.63) is 0 Å². The van der Waals surface area contributed by atoms with Crippen LogP contribution in [0.4, 0.5) is 0 Å². The van der Waals surface area contributed by atoms with Crippen LogP contribution in [-0.2, 0) is 0 Å². The van der Waals surface area contributed by atoms with E-state index in [9.17, 15) is 5.11 Å². The highest BCUT2D eigenvalue weighted by Crippen LogP contribution is 2.13. The molecule has 2 N–H and O–H groups in total. The standard InChI is InChI=1S/C10H22N2O/c1-4-5-12(8(2)3)9-6-11-7-10(9)13/h8-11,13H,4-7H2,1-3H3. The third-order valence-electron chi connectivity index (χ3n) is 2.72. The normalized spacial score (nSPS) is 29.1. The van der Waals surface area contributed by atoms with Crippen molar-refractivity contribution >= 4 is 0 Å². The van der Waals surface area contributed by atoms with Crippen molar-refractivity contribution in [3.63, 3.8) is 0 Å². The van der Waals surface area contributed by atoms with Crippen LogP contribution in [0, 0.1) is 0 Å². The molecule has 78 valence electrons.